The molecule has 4 amide bonds. The molecule has 1 fully saturated rings. The molecule has 34 heavy (non-hydrogen) atoms. The number of aryl methyl sites for hydroxylation is 1. The van der Waals surface area contributed by atoms with Gasteiger partial charge in [-0.15, -0.1) is 0 Å². The minimum Gasteiger partial charge on any atom is -0.456 e. The fourth-order valence-electron chi connectivity index (χ4n) is 3.36. The SMILES string of the molecule is Cc1cccc(NC(=O)CN2C(=O)N/C(=C/c3ccc(-c4ccc(Cl)cc4[N+](=O)[O-])o3)C2=O)c1. The van der Waals surface area contributed by atoms with Crippen LogP contribution < -0.4 is 10.6 Å². The lowest BCUT2D eigenvalue weighted by atomic mass is 10.1. The lowest BCUT2D eigenvalue weighted by Crippen LogP contribution is -2.38. The molecule has 0 spiro atoms. The normalized spacial score (nSPS) is 14.4. The highest BCUT2D eigenvalue weighted by Crippen LogP contribution is 2.33. The van der Waals surface area contributed by atoms with Gasteiger partial charge < -0.3 is 15.1 Å². The Morgan fingerprint density at radius 3 is 2.74 bits per heavy atom. The number of hydrogen-bond acceptors (Lipinski definition) is 6. The van der Waals surface area contributed by atoms with Gasteiger partial charge in [0.25, 0.3) is 11.6 Å². The predicted molar refractivity (Wildman–Crippen MR) is 124 cm³/mol. The van der Waals surface area contributed by atoms with E-state index in [9.17, 15) is 24.5 Å². The van der Waals surface area contributed by atoms with E-state index < -0.39 is 29.3 Å². The van der Waals surface area contributed by atoms with Crippen molar-refractivity contribution in [2.75, 3.05) is 11.9 Å². The summed E-state index contributed by atoms with van der Waals surface area (Å²) in [6.45, 7) is 1.39. The molecule has 0 aliphatic carbocycles. The van der Waals surface area contributed by atoms with E-state index in [1.807, 2.05) is 13.0 Å². The molecular formula is C23H17ClN4O6. The number of nitro groups is 1. The number of anilines is 1. The molecule has 1 aromatic heterocycles. The first-order chi connectivity index (χ1) is 16.2. The van der Waals surface area contributed by atoms with E-state index >= 15 is 0 Å². The standard InChI is InChI=1S/C23H17ClN4O6/c1-13-3-2-4-15(9-13)25-21(29)12-27-22(30)18(26-23(27)31)11-16-6-8-20(34-16)17-7-5-14(24)10-19(17)28(32)33/h2-11H,12H2,1H3,(H,25,29)(H,26,31)/b18-11+. The summed E-state index contributed by atoms with van der Waals surface area (Å²) in [5, 5.41) is 16.6. The van der Waals surface area contributed by atoms with Crippen molar-refractivity contribution in [3.63, 3.8) is 0 Å². The average molecular weight is 481 g/mol. The Kier molecular flexibility index (Phi) is 6.15. The van der Waals surface area contributed by atoms with Crippen LogP contribution in [0.15, 0.2) is 64.7 Å². The average Bonchev–Trinajstić information content (AvgIpc) is 3.34. The number of nitrogens with one attached hydrogen (secondary N) is 2. The predicted octanol–water partition coefficient (Wildman–Crippen LogP) is 4.35. The van der Waals surface area contributed by atoms with Crippen LogP contribution in [0.3, 0.4) is 0 Å². The van der Waals surface area contributed by atoms with Crippen molar-refractivity contribution in [1.82, 2.24) is 10.2 Å². The maximum Gasteiger partial charge on any atom is 0.329 e. The van der Waals surface area contributed by atoms with E-state index in [2.05, 4.69) is 10.6 Å². The monoisotopic (exact) mass is 480 g/mol. The van der Waals surface area contributed by atoms with Crippen LogP contribution in [0.1, 0.15) is 11.3 Å². The lowest BCUT2D eigenvalue weighted by molar-refractivity contribution is -0.384. The van der Waals surface area contributed by atoms with E-state index in [4.69, 9.17) is 16.0 Å². The minimum absolute atomic E-state index is 0.0974. The highest BCUT2D eigenvalue weighted by Gasteiger charge is 2.35. The van der Waals surface area contributed by atoms with E-state index in [0.29, 0.717) is 5.69 Å². The maximum absolute atomic E-state index is 12.7. The van der Waals surface area contributed by atoms with Crippen molar-refractivity contribution in [2.45, 2.75) is 6.92 Å². The summed E-state index contributed by atoms with van der Waals surface area (Å²) in [6, 6.07) is 13.5. The second-order valence-corrected chi connectivity index (χ2v) is 7.85. The van der Waals surface area contributed by atoms with Crippen LogP contribution in [-0.4, -0.2) is 34.2 Å². The Morgan fingerprint density at radius 1 is 1.21 bits per heavy atom. The van der Waals surface area contributed by atoms with Crippen LogP contribution in [0.4, 0.5) is 16.2 Å². The second kappa shape index (κ2) is 9.20. The highest BCUT2D eigenvalue weighted by molar-refractivity contribution is 6.31. The third kappa shape index (κ3) is 4.81. The Hall–Kier alpha value is -4.44. The highest BCUT2D eigenvalue weighted by atomic mass is 35.5. The first-order valence-electron chi connectivity index (χ1n) is 9.96. The molecule has 10 nitrogen and oxygen atoms in total. The first-order valence-corrected chi connectivity index (χ1v) is 10.3. The van der Waals surface area contributed by atoms with Gasteiger partial charge in [0.2, 0.25) is 5.91 Å². The number of nitrogens with zero attached hydrogens (tertiary/aromatic N) is 2. The van der Waals surface area contributed by atoms with E-state index in [-0.39, 0.29) is 33.5 Å². The molecule has 2 heterocycles. The van der Waals surface area contributed by atoms with Gasteiger partial charge in [0.15, 0.2) is 0 Å². The largest absolute Gasteiger partial charge is 0.456 e. The van der Waals surface area contributed by atoms with Gasteiger partial charge in [-0.1, -0.05) is 23.7 Å². The minimum atomic E-state index is -0.754. The number of benzene rings is 2. The van der Waals surface area contributed by atoms with Gasteiger partial charge in [0.05, 0.1) is 10.5 Å². The fourth-order valence-corrected chi connectivity index (χ4v) is 3.53. The van der Waals surface area contributed by atoms with Crippen LogP contribution in [-0.2, 0) is 9.59 Å². The van der Waals surface area contributed by atoms with E-state index in [1.54, 1.807) is 18.2 Å². The van der Waals surface area contributed by atoms with Crippen molar-refractivity contribution in [1.29, 1.82) is 0 Å². The van der Waals surface area contributed by atoms with Crippen LogP contribution in [0, 0.1) is 17.0 Å². The zero-order valence-corrected chi connectivity index (χ0v) is 18.5. The molecule has 2 N–H and O–H groups in total. The topological polar surface area (TPSA) is 135 Å². The zero-order valence-electron chi connectivity index (χ0n) is 17.7. The molecule has 1 aliphatic rings. The maximum atomic E-state index is 12.7. The first kappa shape index (κ1) is 22.7. The Labute approximate surface area is 197 Å². The molecule has 3 aromatic rings. The quantitative estimate of drug-likeness (QED) is 0.233. The molecule has 0 atom stereocenters. The number of nitro benzene ring substituents is 1. The number of imide groups is 1. The van der Waals surface area contributed by atoms with Crippen LogP contribution in [0.25, 0.3) is 17.4 Å². The molecule has 0 saturated carbocycles. The summed E-state index contributed by atoms with van der Waals surface area (Å²) in [5.41, 5.74) is 1.36. The molecule has 2 aromatic carbocycles. The number of hydrogen-bond donors (Lipinski definition) is 2. The Morgan fingerprint density at radius 2 is 2.00 bits per heavy atom. The van der Waals surface area contributed by atoms with Crippen molar-refractivity contribution in [3.8, 4) is 11.3 Å². The van der Waals surface area contributed by atoms with Gasteiger partial charge in [-0.2, -0.15) is 0 Å². The number of carbonyl (C=O) groups excluding carboxylic acids is 3. The fraction of sp³-hybridized carbons (Fsp3) is 0.0870. The summed E-state index contributed by atoms with van der Waals surface area (Å²) in [7, 11) is 0. The molecule has 4 rings (SSSR count). The molecule has 1 saturated heterocycles. The van der Waals surface area contributed by atoms with Crippen LogP contribution in [0.5, 0.6) is 0 Å². The van der Waals surface area contributed by atoms with Crippen LogP contribution >= 0.6 is 11.6 Å². The summed E-state index contributed by atoms with van der Waals surface area (Å²) in [6.07, 6.45) is 1.28. The molecule has 0 bridgehead atoms. The van der Waals surface area contributed by atoms with E-state index in [1.165, 1.54) is 36.4 Å². The Balaban J connectivity index is 1.49. The summed E-state index contributed by atoms with van der Waals surface area (Å²) in [5.74, 6) is -0.888. The van der Waals surface area contributed by atoms with Crippen molar-refractivity contribution in [3.05, 3.63) is 86.8 Å². The summed E-state index contributed by atoms with van der Waals surface area (Å²) in [4.78, 5) is 48.8. The van der Waals surface area contributed by atoms with E-state index in [0.717, 1.165) is 10.5 Å². The van der Waals surface area contributed by atoms with Gasteiger partial charge in [-0.3, -0.25) is 19.7 Å². The van der Waals surface area contributed by atoms with Gasteiger partial charge in [-0.05, 0) is 48.9 Å². The Bertz CT molecular complexity index is 1360. The number of urea groups is 1. The van der Waals surface area contributed by atoms with Crippen molar-refractivity contribution in [2.24, 2.45) is 0 Å². The summed E-state index contributed by atoms with van der Waals surface area (Å²) < 4.78 is 5.63. The summed E-state index contributed by atoms with van der Waals surface area (Å²) >= 11 is 5.84. The number of rotatable bonds is 6. The molecule has 0 unspecified atom stereocenters. The molecular weight excluding hydrogens is 464 g/mol. The number of carbonyl (C=O) groups is 3. The smallest absolute Gasteiger partial charge is 0.329 e. The number of halogens is 1. The molecule has 1 aliphatic heterocycles. The zero-order chi connectivity index (χ0) is 24.4. The van der Waals surface area contributed by atoms with Gasteiger partial charge in [0.1, 0.15) is 23.8 Å². The van der Waals surface area contributed by atoms with Gasteiger partial charge in [0, 0.05) is 22.9 Å². The van der Waals surface area contributed by atoms with Crippen molar-refractivity contribution >= 4 is 46.9 Å². The number of amides is 4. The lowest BCUT2D eigenvalue weighted by Gasteiger charge is -2.12. The molecule has 172 valence electrons. The second-order valence-electron chi connectivity index (χ2n) is 7.42. The van der Waals surface area contributed by atoms with Gasteiger partial charge >= 0.3 is 6.03 Å². The van der Waals surface area contributed by atoms with Crippen LogP contribution in [0.2, 0.25) is 5.02 Å². The third-order valence-electron chi connectivity index (χ3n) is 4.90. The van der Waals surface area contributed by atoms with Crippen molar-refractivity contribution < 1.29 is 23.7 Å². The third-order valence-corrected chi connectivity index (χ3v) is 5.14. The van der Waals surface area contributed by atoms with Gasteiger partial charge in [-0.25, -0.2) is 9.69 Å². The number of furan rings is 1. The molecule has 0 radical (unpaired) electrons. The molecule has 11 heteroatoms.